The summed E-state index contributed by atoms with van der Waals surface area (Å²) in [6.07, 6.45) is 4.44. The summed E-state index contributed by atoms with van der Waals surface area (Å²) < 4.78 is 24.5. The fourth-order valence-corrected chi connectivity index (χ4v) is 4.53. The smallest absolute Gasteiger partial charge is 0.308 e. The maximum Gasteiger partial charge on any atom is 0.308 e. The Morgan fingerprint density at radius 2 is 1.86 bits per heavy atom. The Balaban J connectivity index is 1.95. The molecule has 1 saturated heterocycles. The lowest BCUT2D eigenvalue weighted by atomic mass is 9.95. The van der Waals surface area contributed by atoms with E-state index in [9.17, 15) is 23.1 Å². The molecular weight excluding hydrogens is 296 g/mol. The van der Waals surface area contributed by atoms with Crippen LogP contribution in [0.3, 0.4) is 0 Å². The van der Waals surface area contributed by atoms with E-state index < -0.39 is 33.9 Å². The number of sulfonamides is 1. The molecule has 1 aliphatic carbocycles. The van der Waals surface area contributed by atoms with Crippen molar-refractivity contribution in [2.24, 2.45) is 5.92 Å². The highest BCUT2D eigenvalue weighted by Crippen LogP contribution is 2.24. The second-order valence-electron chi connectivity index (χ2n) is 5.76. The van der Waals surface area contributed by atoms with Crippen LogP contribution in [-0.2, 0) is 19.6 Å². The molecule has 1 aliphatic heterocycles. The van der Waals surface area contributed by atoms with E-state index in [4.69, 9.17) is 0 Å². The molecule has 8 heteroatoms. The van der Waals surface area contributed by atoms with Gasteiger partial charge in [-0.05, 0) is 19.3 Å². The number of aliphatic carboxylic acids is 1. The van der Waals surface area contributed by atoms with Crippen molar-refractivity contribution in [3.05, 3.63) is 0 Å². The van der Waals surface area contributed by atoms with Crippen molar-refractivity contribution in [2.45, 2.75) is 44.6 Å². The summed E-state index contributed by atoms with van der Waals surface area (Å²) >= 11 is 0. The number of amides is 1. The van der Waals surface area contributed by atoms with Crippen molar-refractivity contribution in [3.8, 4) is 0 Å². The monoisotopic (exact) mass is 318 g/mol. The molecule has 7 nitrogen and oxygen atoms in total. The molecule has 1 saturated carbocycles. The Labute approximate surface area is 124 Å². The molecule has 0 bridgehead atoms. The molecule has 0 aromatic rings. The lowest BCUT2D eigenvalue weighted by molar-refractivity contribution is -0.143. The molecule has 0 radical (unpaired) electrons. The van der Waals surface area contributed by atoms with Crippen LogP contribution in [0.2, 0.25) is 0 Å². The number of rotatable bonds is 4. The van der Waals surface area contributed by atoms with Crippen LogP contribution < -0.4 is 5.32 Å². The predicted molar refractivity (Wildman–Crippen MR) is 76.1 cm³/mol. The molecule has 0 unspecified atom stereocenters. The third-order valence-corrected chi connectivity index (χ3v) is 6.11. The number of nitrogens with one attached hydrogen (secondary N) is 1. The number of nitrogens with zero attached hydrogens (tertiary/aromatic N) is 1. The summed E-state index contributed by atoms with van der Waals surface area (Å²) in [7, 11) is -3.30. The van der Waals surface area contributed by atoms with E-state index in [1.165, 1.54) is 4.31 Å². The van der Waals surface area contributed by atoms with E-state index in [-0.39, 0.29) is 12.3 Å². The van der Waals surface area contributed by atoms with Gasteiger partial charge in [-0.25, -0.2) is 8.42 Å². The normalized spacial score (nSPS) is 29.7. The average molecular weight is 318 g/mol. The molecule has 1 heterocycles. The molecule has 21 heavy (non-hydrogen) atoms. The van der Waals surface area contributed by atoms with Crippen LogP contribution >= 0.6 is 0 Å². The van der Waals surface area contributed by atoms with E-state index in [1.54, 1.807) is 0 Å². The molecule has 0 spiro atoms. The van der Waals surface area contributed by atoms with Gasteiger partial charge in [-0.15, -0.1) is 0 Å². The van der Waals surface area contributed by atoms with Crippen molar-refractivity contribution in [2.75, 3.05) is 18.8 Å². The summed E-state index contributed by atoms with van der Waals surface area (Å²) in [4.78, 5) is 23.3. The first kappa shape index (κ1) is 16.2. The summed E-state index contributed by atoms with van der Waals surface area (Å²) in [6, 6.07) is -0.400. The van der Waals surface area contributed by atoms with Gasteiger partial charge in [0, 0.05) is 12.6 Å². The van der Waals surface area contributed by atoms with Gasteiger partial charge in [0.15, 0.2) is 0 Å². The zero-order valence-electron chi connectivity index (χ0n) is 12.0. The first-order valence-corrected chi connectivity index (χ1v) is 9.01. The molecule has 120 valence electrons. The fraction of sp³-hybridized carbons (Fsp3) is 0.846. The van der Waals surface area contributed by atoms with Gasteiger partial charge < -0.3 is 10.4 Å². The molecule has 2 aliphatic rings. The van der Waals surface area contributed by atoms with Crippen LogP contribution in [0.4, 0.5) is 0 Å². The standard InChI is InChI=1S/C13H22N2O5S/c16-12(9-15-7-4-8-21(15,19)20)14-11-6-3-1-2-5-10(11)13(17)18/h10-11H,1-9H2,(H,14,16)(H,17,18)/t10-,11+/m1/s1. The van der Waals surface area contributed by atoms with E-state index in [2.05, 4.69) is 5.32 Å². The van der Waals surface area contributed by atoms with Crippen LogP contribution in [0.1, 0.15) is 38.5 Å². The molecule has 2 atom stereocenters. The number of hydrogen-bond acceptors (Lipinski definition) is 4. The van der Waals surface area contributed by atoms with Crippen LogP contribution in [0.5, 0.6) is 0 Å². The van der Waals surface area contributed by atoms with Gasteiger partial charge in [0.25, 0.3) is 0 Å². The SMILES string of the molecule is O=C(CN1CCCS1(=O)=O)N[C@H]1CCCCC[C@H]1C(=O)O. The zero-order valence-corrected chi connectivity index (χ0v) is 12.8. The number of carboxylic acids is 1. The van der Waals surface area contributed by atoms with Gasteiger partial charge in [-0.2, -0.15) is 4.31 Å². The highest BCUT2D eigenvalue weighted by molar-refractivity contribution is 7.89. The minimum absolute atomic E-state index is 0.0848. The topological polar surface area (TPSA) is 104 Å². The maximum atomic E-state index is 12.0. The summed E-state index contributed by atoms with van der Waals surface area (Å²) in [6.45, 7) is 0.161. The Kier molecular flexibility index (Phi) is 5.21. The zero-order chi connectivity index (χ0) is 15.5. The van der Waals surface area contributed by atoms with E-state index in [0.29, 0.717) is 25.8 Å². The average Bonchev–Trinajstić information content (AvgIpc) is 2.62. The highest BCUT2D eigenvalue weighted by Gasteiger charge is 2.33. The minimum atomic E-state index is -3.30. The number of hydrogen-bond donors (Lipinski definition) is 2. The molecule has 0 aromatic carbocycles. The van der Waals surface area contributed by atoms with E-state index in [0.717, 1.165) is 19.3 Å². The van der Waals surface area contributed by atoms with Crippen molar-refractivity contribution in [3.63, 3.8) is 0 Å². The Hall–Kier alpha value is -1.15. The second-order valence-corrected chi connectivity index (χ2v) is 7.85. The Morgan fingerprint density at radius 1 is 1.14 bits per heavy atom. The van der Waals surface area contributed by atoms with Crippen molar-refractivity contribution in [1.82, 2.24) is 9.62 Å². The van der Waals surface area contributed by atoms with Gasteiger partial charge in [0.2, 0.25) is 15.9 Å². The van der Waals surface area contributed by atoms with Crippen LogP contribution in [0, 0.1) is 5.92 Å². The molecule has 1 amide bonds. The number of carbonyl (C=O) groups excluding carboxylic acids is 1. The molecule has 2 rings (SSSR count). The van der Waals surface area contributed by atoms with Gasteiger partial charge >= 0.3 is 5.97 Å². The van der Waals surface area contributed by atoms with Gasteiger partial charge in [0.05, 0.1) is 18.2 Å². The Bertz CT molecular complexity index is 505. The van der Waals surface area contributed by atoms with Crippen molar-refractivity contribution in [1.29, 1.82) is 0 Å². The van der Waals surface area contributed by atoms with Gasteiger partial charge in [0.1, 0.15) is 0 Å². The van der Waals surface area contributed by atoms with Crippen LogP contribution in [-0.4, -0.2) is 54.6 Å². The summed E-state index contributed by atoms with van der Waals surface area (Å²) in [5.41, 5.74) is 0. The second kappa shape index (κ2) is 6.74. The van der Waals surface area contributed by atoms with Crippen LogP contribution in [0.25, 0.3) is 0 Å². The highest BCUT2D eigenvalue weighted by atomic mass is 32.2. The summed E-state index contributed by atoms with van der Waals surface area (Å²) in [5.74, 6) is -1.79. The first-order chi connectivity index (χ1) is 9.90. The Morgan fingerprint density at radius 3 is 2.48 bits per heavy atom. The number of carboxylic acid groups (broad SMARTS) is 1. The van der Waals surface area contributed by atoms with E-state index in [1.807, 2.05) is 0 Å². The molecule has 0 aromatic heterocycles. The quantitative estimate of drug-likeness (QED) is 0.719. The van der Waals surface area contributed by atoms with Crippen LogP contribution in [0.15, 0.2) is 0 Å². The lowest BCUT2D eigenvalue weighted by Crippen LogP contribution is -2.47. The first-order valence-electron chi connectivity index (χ1n) is 7.40. The molecular formula is C13H22N2O5S. The molecule has 2 N–H and O–H groups in total. The van der Waals surface area contributed by atoms with E-state index >= 15 is 0 Å². The minimum Gasteiger partial charge on any atom is -0.481 e. The third-order valence-electron chi connectivity index (χ3n) is 4.20. The summed E-state index contributed by atoms with van der Waals surface area (Å²) in [5, 5.41) is 12.0. The van der Waals surface area contributed by atoms with Gasteiger partial charge in [-0.1, -0.05) is 19.3 Å². The third kappa shape index (κ3) is 4.16. The molecule has 2 fully saturated rings. The lowest BCUT2D eigenvalue weighted by Gasteiger charge is -2.24. The van der Waals surface area contributed by atoms with Gasteiger partial charge in [-0.3, -0.25) is 9.59 Å². The predicted octanol–water partition coefficient (Wildman–Crippen LogP) is 0.172. The van der Waals surface area contributed by atoms with Crippen molar-refractivity contribution >= 4 is 21.9 Å². The maximum absolute atomic E-state index is 12.0. The van der Waals surface area contributed by atoms with Crippen molar-refractivity contribution < 1.29 is 23.1 Å². The fourth-order valence-electron chi connectivity index (χ4n) is 3.06. The number of carbonyl (C=O) groups is 2. The largest absolute Gasteiger partial charge is 0.481 e.